The quantitative estimate of drug-likeness (QED) is 0.173. The topological polar surface area (TPSA) is 201 Å². The standard InChI is InChI=1S/C22H14F3N9O3/c23-22(24,25)10-2-1-3-12(6-10)37-15-5-4-11(34(35)36)7-13(15)18-16-17(28)14(8-26)19(29)32-20(16)33-21(31-18)30-9-27/h1-7,18H,(H6,28,29,30,31,32,33). The number of nitrogens with two attached hydrogens (primary N) is 2. The van der Waals surface area contributed by atoms with Gasteiger partial charge < -0.3 is 21.5 Å². The predicted molar refractivity (Wildman–Crippen MR) is 124 cm³/mol. The molecule has 1 unspecified atom stereocenters. The molecule has 0 fully saturated rings. The number of aliphatic imine (C=N–C) groups is 1. The number of aromatic nitrogens is 1. The Kier molecular flexibility index (Phi) is 6.13. The number of guanidine groups is 1. The van der Waals surface area contributed by atoms with Crippen molar-refractivity contribution in [1.29, 1.82) is 10.5 Å². The highest BCUT2D eigenvalue weighted by Gasteiger charge is 2.33. The van der Waals surface area contributed by atoms with E-state index in [9.17, 15) is 28.5 Å². The second-order valence-electron chi connectivity index (χ2n) is 7.51. The van der Waals surface area contributed by atoms with Crippen molar-refractivity contribution in [2.24, 2.45) is 4.99 Å². The smallest absolute Gasteiger partial charge is 0.416 e. The Balaban J connectivity index is 1.94. The van der Waals surface area contributed by atoms with Crippen molar-refractivity contribution in [3.8, 4) is 23.8 Å². The number of ether oxygens (including phenoxy) is 1. The van der Waals surface area contributed by atoms with Gasteiger partial charge in [0, 0.05) is 23.3 Å². The predicted octanol–water partition coefficient (Wildman–Crippen LogP) is 3.78. The fraction of sp³-hybridized carbons (Fsp3) is 0.0909. The van der Waals surface area contributed by atoms with E-state index in [4.69, 9.17) is 21.5 Å². The van der Waals surface area contributed by atoms with E-state index in [1.54, 1.807) is 6.19 Å². The van der Waals surface area contributed by atoms with Gasteiger partial charge in [-0.15, -0.1) is 0 Å². The van der Waals surface area contributed by atoms with Gasteiger partial charge in [-0.3, -0.25) is 15.4 Å². The molecule has 1 atom stereocenters. The van der Waals surface area contributed by atoms with Crippen molar-refractivity contribution >= 4 is 29.0 Å². The first kappa shape index (κ1) is 24.6. The summed E-state index contributed by atoms with van der Waals surface area (Å²) in [7, 11) is 0. The van der Waals surface area contributed by atoms with Gasteiger partial charge in [-0.05, 0) is 24.3 Å². The zero-order valence-electron chi connectivity index (χ0n) is 18.4. The molecule has 15 heteroatoms. The Morgan fingerprint density at radius 3 is 2.59 bits per heavy atom. The van der Waals surface area contributed by atoms with Gasteiger partial charge >= 0.3 is 6.18 Å². The summed E-state index contributed by atoms with van der Waals surface area (Å²) in [5.74, 6) is -0.657. The Morgan fingerprint density at radius 1 is 1.19 bits per heavy atom. The number of nitrogen functional groups attached to an aromatic ring is 2. The van der Waals surface area contributed by atoms with Gasteiger partial charge in [0.25, 0.3) is 5.69 Å². The number of nitriles is 2. The van der Waals surface area contributed by atoms with Gasteiger partial charge in [-0.25, -0.2) is 9.98 Å². The third kappa shape index (κ3) is 4.69. The van der Waals surface area contributed by atoms with Crippen LogP contribution in [0.3, 0.4) is 0 Å². The minimum absolute atomic E-state index is 0.00303. The van der Waals surface area contributed by atoms with Crippen LogP contribution in [0, 0.1) is 32.9 Å². The first-order valence-electron chi connectivity index (χ1n) is 10.2. The third-order valence-electron chi connectivity index (χ3n) is 5.25. The van der Waals surface area contributed by atoms with Gasteiger partial charge in [0.05, 0.1) is 16.2 Å². The van der Waals surface area contributed by atoms with E-state index in [0.29, 0.717) is 0 Å². The van der Waals surface area contributed by atoms with Crippen LogP contribution < -0.4 is 26.8 Å². The Morgan fingerprint density at radius 2 is 1.95 bits per heavy atom. The lowest BCUT2D eigenvalue weighted by Crippen LogP contribution is -2.32. The summed E-state index contributed by atoms with van der Waals surface area (Å²) < 4.78 is 45.3. The van der Waals surface area contributed by atoms with Crippen LogP contribution >= 0.6 is 0 Å². The molecule has 1 aromatic heterocycles. The number of halogens is 3. The van der Waals surface area contributed by atoms with E-state index in [0.717, 1.165) is 30.3 Å². The number of benzene rings is 2. The molecule has 0 saturated heterocycles. The summed E-state index contributed by atoms with van der Waals surface area (Å²) >= 11 is 0. The summed E-state index contributed by atoms with van der Waals surface area (Å²) in [5, 5.41) is 35.1. The molecule has 6 N–H and O–H groups in total. The molecule has 1 aliphatic heterocycles. The first-order valence-corrected chi connectivity index (χ1v) is 10.2. The summed E-state index contributed by atoms with van der Waals surface area (Å²) in [6, 6.07) is 7.99. The number of nitro groups is 1. The number of fused-ring (bicyclic) bond motifs is 1. The minimum Gasteiger partial charge on any atom is -0.457 e. The van der Waals surface area contributed by atoms with E-state index in [-0.39, 0.29) is 57.2 Å². The number of hydrogen-bond donors (Lipinski definition) is 4. The lowest BCUT2D eigenvalue weighted by atomic mass is 9.94. The van der Waals surface area contributed by atoms with Crippen LogP contribution in [0.2, 0.25) is 0 Å². The second kappa shape index (κ2) is 9.23. The van der Waals surface area contributed by atoms with Gasteiger partial charge in [-0.1, -0.05) is 6.07 Å². The van der Waals surface area contributed by atoms with Crippen molar-refractivity contribution in [2.45, 2.75) is 12.2 Å². The summed E-state index contributed by atoms with van der Waals surface area (Å²) in [6.07, 6.45) is -2.97. The number of nitro benzene ring substituents is 1. The van der Waals surface area contributed by atoms with Crippen LogP contribution in [-0.4, -0.2) is 15.9 Å². The second-order valence-corrected chi connectivity index (χ2v) is 7.51. The summed E-state index contributed by atoms with van der Waals surface area (Å²) in [5.41, 5.74) is 10.4. The molecule has 0 bridgehead atoms. The van der Waals surface area contributed by atoms with Gasteiger partial charge in [0.2, 0.25) is 5.96 Å². The molecular formula is C22H14F3N9O3. The van der Waals surface area contributed by atoms with E-state index < -0.39 is 22.7 Å². The molecule has 4 rings (SSSR count). The molecule has 186 valence electrons. The zero-order chi connectivity index (χ0) is 26.9. The van der Waals surface area contributed by atoms with Crippen LogP contribution in [0.1, 0.15) is 28.3 Å². The monoisotopic (exact) mass is 509 g/mol. The number of alkyl halides is 3. The molecule has 1 aliphatic rings. The van der Waals surface area contributed by atoms with Crippen molar-refractivity contribution < 1.29 is 22.8 Å². The fourth-order valence-corrected chi connectivity index (χ4v) is 3.62. The highest BCUT2D eigenvalue weighted by atomic mass is 19.4. The fourth-order valence-electron chi connectivity index (χ4n) is 3.62. The van der Waals surface area contributed by atoms with Gasteiger partial charge in [0.15, 0.2) is 6.19 Å². The van der Waals surface area contributed by atoms with Crippen LogP contribution in [0.4, 0.5) is 36.2 Å². The average molecular weight is 509 g/mol. The number of nitrogens with zero attached hydrogens (tertiary/aromatic N) is 5. The summed E-state index contributed by atoms with van der Waals surface area (Å²) in [6.45, 7) is 0. The van der Waals surface area contributed by atoms with E-state index in [2.05, 4.69) is 20.6 Å². The highest BCUT2D eigenvalue weighted by Crippen LogP contribution is 2.45. The number of nitrogens with one attached hydrogen (secondary N) is 2. The summed E-state index contributed by atoms with van der Waals surface area (Å²) in [4.78, 5) is 19.3. The third-order valence-corrected chi connectivity index (χ3v) is 5.25. The van der Waals surface area contributed by atoms with Crippen molar-refractivity contribution in [2.75, 3.05) is 16.8 Å². The first-order chi connectivity index (χ1) is 17.5. The molecule has 2 heterocycles. The Hall–Kier alpha value is -5.57. The number of anilines is 3. The maximum atomic E-state index is 13.2. The van der Waals surface area contributed by atoms with E-state index in [1.165, 1.54) is 12.1 Å². The molecular weight excluding hydrogens is 495 g/mol. The normalized spacial score (nSPS) is 14.3. The van der Waals surface area contributed by atoms with Crippen LogP contribution in [0.5, 0.6) is 11.5 Å². The van der Waals surface area contributed by atoms with Crippen LogP contribution in [0.25, 0.3) is 0 Å². The zero-order valence-corrected chi connectivity index (χ0v) is 18.4. The lowest BCUT2D eigenvalue weighted by Gasteiger charge is -2.27. The molecule has 0 radical (unpaired) electrons. The molecule has 0 saturated carbocycles. The number of hydrogen-bond acceptors (Lipinski definition) is 11. The maximum absolute atomic E-state index is 13.2. The number of non-ortho nitro benzene ring substituents is 1. The highest BCUT2D eigenvalue weighted by molar-refractivity contribution is 5.98. The van der Waals surface area contributed by atoms with E-state index >= 15 is 0 Å². The molecule has 2 aromatic carbocycles. The minimum atomic E-state index is -4.64. The van der Waals surface area contributed by atoms with E-state index in [1.807, 2.05) is 6.07 Å². The molecule has 0 amide bonds. The van der Waals surface area contributed by atoms with Crippen LogP contribution in [-0.2, 0) is 6.18 Å². The van der Waals surface area contributed by atoms with Gasteiger partial charge in [0.1, 0.15) is 40.8 Å². The average Bonchev–Trinajstić information content (AvgIpc) is 2.83. The Labute approximate surface area is 205 Å². The molecule has 0 spiro atoms. The lowest BCUT2D eigenvalue weighted by molar-refractivity contribution is -0.384. The Bertz CT molecular complexity index is 1540. The van der Waals surface area contributed by atoms with Crippen molar-refractivity contribution in [3.05, 3.63) is 74.8 Å². The van der Waals surface area contributed by atoms with Crippen LogP contribution in [0.15, 0.2) is 47.5 Å². The van der Waals surface area contributed by atoms with Crippen molar-refractivity contribution in [1.82, 2.24) is 10.3 Å². The number of pyridine rings is 1. The molecule has 0 aliphatic carbocycles. The molecule has 3 aromatic rings. The molecule has 12 nitrogen and oxygen atoms in total. The molecule has 37 heavy (non-hydrogen) atoms. The SMILES string of the molecule is N#CNC1=NC(c2cc([N+](=O)[O-])ccc2Oc2cccc(C(F)(F)F)c2)c2c(nc(N)c(C#N)c2N)N1. The maximum Gasteiger partial charge on any atom is 0.416 e. The van der Waals surface area contributed by atoms with Crippen molar-refractivity contribution in [3.63, 3.8) is 0 Å². The van der Waals surface area contributed by atoms with Gasteiger partial charge in [-0.2, -0.15) is 23.7 Å². The largest absolute Gasteiger partial charge is 0.457 e. The number of rotatable bonds is 4.